The van der Waals surface area contributed by atoms with E-state index in [1.165, 1.54) is 17.7 Å². The predicted molar refractivity (Wildman–Crippen MR) is 136 cm³/mol. The Labute approximate surface area is 217 Å². The molecule has 1 atom stereocenters. The van der Waals surface area contributed by atoms with E-state index in [-0.39, 0.29) is 24.2 Å². The Morgan fingerprint density at radius 3 is 2.64 bits per heavy atom. The van der Waals surface area contributed by atoms with Gasteiger partial charge in [-0.3, -0.25) is 15.0 Å². The van der Waals surface area contributed by atoms with E-state index in [4.69, 9.17) is 21.1 Å². The molecule has 1 aromatic carbocycles. The SMILES string of the molecule is O=C1CN(CCCCCS(=O)(=O)N[C@H](CN2CCOCC2)c2ccc(Cl)c(OCC3CC3)c2)C(=O)N1. The fourth-order valence-electron chi connectivity index (χ4n) is 4.30. The Hall–Kier alpha value is -1.92. The second-order valence-electron chi connectivity index (χ2n) is 9.68. The molecule has 0 bridgehead atoms. The average Bonchev–Trinajstić information content (AvgIpc) is 3.61. The number of urea groups is 1. The van der Waals surface area contributed by atoms with Gasteiger partial charge in [0.25, 0.3) is 0 Å². The Morgan fingerprint density at radius 1 is 1.17 bits per heavy atom. The second kappa shape index (κ2) is 12.6. The predicted octanol–water partition coefficient (Wildman–Crippen LogP) is 2.14. The third-order valence-electron chi connectivity index (χ3n) is 6.60. The van der Waals surface area contributed by atoms with Crippen LogP contribution in [0.4, 0.5) is 4.79 Å². The van der Waals surface area contributed by atoms with E-state index < -0.39 is 16.1 Å². The van der Waals surface area contributed by atoms with Crippen molar-refractivity contribution in [2.45, 2.75) is 38.1 Å². The number of sulfonamides is 1. The lowest BCUT2D eigenvalue weighted by Gasteiger charge is -2.31. The molecule has 0 radical (unpaired) electrons. The van der Waals surface area contributed by atoms with E-state index in [9.17, 15) is 18.0 Å². The molecule has 12 heteroatoms. The van der Waals surface area contributed by atoms with Crippen LogP contribution in [0.1, 0.15) is 43.7 Å². The van der Waals surface area contributed by atoms with Crippen LogP contribution in [0.15, 0.2) is 18.2 Å². The summed E-state index contributed by atoms with van der Waals surface area (Å²) >= 11 is 6.35. The van der Waals surface area contributed by atoms with Crippen molar-refractivity contribution in [3.63, 3.8) is 0 Å². The van der Waals surface area contributed by atoms with Crippen molar-refractivity contribution in [3.8, 4) is 5.75 Å². The lowest BCUT2D eigenvalue weighted by molar-refractivity contribution is -0.118. The highest BCUT2D eigenvalue weighted by Gasteiger charge is 2.27. The smallest absolute Gasteiger partial charge is 0.324 e. The second-order valence-corrected chi connectivity index (χ2v) is 12.0. The normalized spacial score (nSPS) is 20.0. The van der Waals surface area contributed by atoms with Crippen molar-refractivity contribution >= 4 is 33.6 Å². The number of amides is 3. The van der Waals surface area contributed by atoms with E-state index in [0.717, 1.165) is 18.7 Å². The Morgan fingerprint density at radius 2 is 1.94 bits per heavy atom. The van der Waals surface area contributed by atoms with E-state index >= 15 is 0 Å². The molecule has 2 heterocycles. The summed E-state index contributed by atoms with van der Waals surface area (Å²) in [6, 6.07) is 4.62. The lowest BCUT2D eigenvalue weighted by Crippen LogP contribution is -2.43. The topological polar surface area (TPSA) is 117 Å². The maximum absolute atomic E-state index is 13.0. The third-order valence-corrected chi connectivity index (χ3v) is 8.39. The van der Waals surface area contributed by atoms with Crippen LogP contribution in [0.5, 0.6) is 5.75 Å². The number of rotatable bonds is 14. The summed E-state index contributed by atoms with van der Waals surface area (Å²) in [5.74, 6) is 0.835. The van der Waals surface area contributed by atoms with Gasteiger partial charge in [-0.25, -0.2) is 17.9 Å². The fraction of sp³-hybridized carbons (Fsp3) is 0.667. The number of morpholine rings is 1. The maximum atomic E-state index is 13.0. The zero-order chi connectivity index (χ0) is 25.5. The van der Waals surface area contributed by atoms with Gasteiger partial charge in [0.15, 0.2) is 0 Å². The standard InChI is InChI=1S/C24H35ClN4O6S/c25-20-7-6-19(14-22(20)35-17-18-4-5-18)21(15-28-9-11-34-12-10-28)27-36(32,33)13-3-1-2-8-29-16-23(30)26-24(29)31/h6-7,14,18,21,27H,1-5,8-13,15-17H2,(H,26,30,31)/t21-/m1/s1. The van der Waals surface area contributed by atoms with E-state index in [0.29, 0.717) is 68.9 Å². The fourth-order valence-corrected chi connectivity index (χ4v) is 5.82. The van der Waals surface area contributed by atoms with Gasteiger partial charge in [-0.05, 0) is 49.3 Å². The summed E-state index contributed by atoms with van der Waals surface area (Å²) in [7, 11) is -3.57. The van der Waals surface area contributed by atoms with Crippen LogP contribution in [0.25, 0.3) is 0 Å². The van der Waals surface area contributed by atoms with Gasteiger partial charge >= 0.3 is 6.03 Å². The molecule has 0 aromatic heterocycles. The van der Waals surface area contributed by atoms with Crippen LogP contribution in [0, 0.1) is 5.92 Å². The molecule has 0 spiro atoms. The van der Waals surface area contributed by atoms with Gasteiger partial charge in [0, 0.05) is 26.2 Å². The van der Waals surface area contributed by atoms with Crippen molar-refractivity contribution in [1.82, 2.24) is 19.8 Å². The van der Waals surface area contributed by atoms with Crippen molar-refractivity contribution in [2.75, 3.05) is 58.3 Å². The molecular formula is C24H35ClN4O6S. The number of nitrogens with one attached hydrogen (secondary N) is 2. The molecule has 1 aliphatic carbocycles. The number of hydrogen-bond donors (Lipinski definition) is 2. The highest BCUT2D eigenvalue weighted by Crippen LogP contribution is 2.33. The number of unbranched alkanes of at least 4 members (excludes halogenated alkanes) is 2. The van der Waals surface area contributed by atoms with Gasteiger partial charge in [0.05, 0.1) is 36.6 Å². The number of imide groups is 1. The Bertz CT molecular complexity index is 1030. The Kier molecular flexibility index (Phi) is 9.46. The number of halogens is 1. The summed E-state index contributed by atoms with van der Waals surface area (Å²) in [5.41, 5.74) is 0.810. The molecule has 2 N–H and O–H groups in total. The van der Waals surface area contributed by atoms with Crippen LogP contribution in [0.2, 0.25) is 5.02 Å². The summed E-state index contributed by atoms with van der Waals surface area (Å²) in [6.07, 6.45) is 4.05. The molecule has 3 amide bonds. The highest BCUT2D eigenvalue weighted by atomic mass is 35.5. The molecular weight excluding hydrogens is 508 g/mol. The summed E-state index contributed by atoms with van der Waals surface area (Å²) in [4.78, 5) is 26.5. The van der Waals surface area contributed by atoms with Crippen LogP contribution in [-0.2, 0) is 19.6 Å². The Balaban J connectivity index is 1.34. The van der Waals surface area contributed by atoms with Crippen LogP contribution in [0.3, 0.4) is 0 Å². The minimum atomic E-state index is -3.57. The molecule has 4 rings (SSSR count). The summed E-state index contributed by atoms with van der Waals surface area (Å²) < 4.78 is 40.3. The lowest BCUT2D eigenvalue weighted by atomic mass is 10.1. The van der Waals surface area contributed by atoms with Gasteiger partial charge < -0.3 is 14.4 Å². The van der Waals surface area contributed by atoms with Crippen molar-refractivity contribution < 1.29 is 27.5 Å². The number of carbonyl (C=O) groups excluding carboxylic acids is 2. The largest absolute Gasteiger partial charge is 0.492 e. The van der Waals surface area contributed by atoms with Gasteiger partial charge in [-0.15, -0.1) is 0 Å². The molecule has 10 nitrogen and oxygen atoms in total. The first-order valence-electron chi connectivity index (χ1n) is 12.6. The first-order chi connectivity index (χ1) is 17.3. The average molecular weight is 543 g/mol. The zero-order valence-corrected chi connectivity index (χ0v) is 22.0. The molecule has 3 aliphatic rings. The third kappa shape index (κ3) is 8.31. The zero-order valence-electron chi connectivity index (χ0n) is 20.4. The molecule has 200 valence electrons. The molecule has 2 saturated heterocycles. The number of carbonyl (C=O) groups is 2. The van der Waals surface area contributed by atoms with Crippen LogP contribution >= 0.6 is 11.6 Å². The molecule has 2 aliphatic heterocycles. The molecule has 1 aromatic rings. The van der Waals surface area contributed by atoms with Gasteiger partial charge in [0.1, 0.15) is 12.3 Å². The van der Waals surface area contributed by atoms with Gasteiger partial charge in [-0.1, -0.05) is 24.1 Å². The van der Waals surface area contributed by atoms with Crippen LogP contribution in [-0.4, -0.2) is 88.5 Å². The summed E-state index contributed by atoms with van der Waals surface area (Å²) in [6.45, 7) is 4.36. The van der Waals surface area contributed by atoms with Gasteiger partial charge in [0.2, 0.25) is 15.9 Å². The van der Waals surface area contributed by atoms with Gasteiger partial charge in [-0.2, -0.15) is 0 Å². The molecule has 36 heavy (non-hydrogen) atoms. The van der Waals surface area contributed by atoms with Crippen LogP contribution < -0.4 is 14.8 Å². The molecule has 0 unspecified atom stereocenters. The number of benzene rings is 1. The van der Waals surface area contributed by atoms with E-state index in [1.54, 1.807) is 6.07 Å². The highest BCUT2D eigenvalue weighted by molar-refractivity contribution is 7.89. The monoisotopic (exact) mass is 542 g/mol. The molecule has 3 fully saturated rings. The maximum Gasteiger partial charge on any atom is 0.324 e. The molecule has 1 saturated carbocycles. The van der Waals surface area contributed by atoms with E-state index in [1.807, 2.05) is 12.1 Å². The number of hydrogen-bond acceptors (Lipinski definition) is 7. The minimum absolute atomic E-state index is 0.0175. The minimum Gasteiger partial charge on any atom is -0.492 e. The quantitative estimate of drug-likeness (QED) is 0.273. The summed E-state index contributed by atoms with van der Waals surface area (Å²) in [5, 5.41) is 2.75. The van der Waals surface area contributed by atoms with Crippen molar-refractivity contribution in [1.29, 1.82) is 0 Å². The van der Waals surface area contributed by atoms with Crippen molar-refractivity contribution in [3.05, 3.63) is 28.8 Å². The number of nitrogens with zero attached hydrogens (tertiary/aromatic N) is 2. The van der Waals surface area contributed by atoms with E-state index in [2.05, 4.69) is 14.9 Å². The first kappa shape index (κ1) is 27.1. The number of ether oxygens (including phenoxy) is 2. The van der Waals surface area contributed by atoms with Crippen molar-refractivity contribution in [2.24, 2.45) is 5.92 Å². The first-order valence-corrected chi connectivity index (χ1v) is 14.6.